The van der Waals surface area contributed by atoms with Crippen LogP contribution in [0.4, 0.5) is 5.69 Å². The Morgan fingerprint density at radius 2 is 2.25 bits per heavy atom. The van der Waals surface area contributed by atoms with Gasteiger partial charge in [0.05, 0.1) is 5.69 Å². The number of ether oxygens (including phenoxy) is 1. The van der Waals surface area contributed by atoms with Crippen molar-refractivity contribution in [1.82, 2.24) is 0 Å². The van der Waals surface area contributed by atoms with Crippen molar-refractivity contribution in [2.75, 3.05) is 18.1 Å². The molecule has 1 heterocycles. The molecule has 1 saturated carbocycles. The van der Waals surface area contributed by atoms with Gasteiger partial charge in [-0.25, -0.2) is 0 Å². The van der Waals surface area contributed by atoms with Gasteiger partial charge in [0.25, 0.3) is 5.91 Å². The van der Waals surface area contributed by atoms with Gasteiger partial charge in [0.2, 0.25) is 0 Å². The number of hydrogen-bond donors (Lipinski definition) is 0. The molecule has 3 rings (SSSR count). The van der Waals surface area contributed by atoms with E-state index in [2.05, 4.69) is 22.6 Å². The first-order valence-corrected chi connectivity index (χ1v) is 6.54. The topological polar surface area (TPSA) is 29.5 Å². The van der Waals surface area contributed by atoms with Crippen molar-refractivity contribution in [1.29, 1.82) is 0 Å². The minimum absolute atomic E-state index is 0.0846. The summed E-state index contributed by atoms with van der Waals surface area (Å²) in [5.74, 6) is 1.62. The Morgan fingerprint density at radius 3 is 3.00 bits per heavy atom. The molecule has 4 heteroatoms. The molecule has 1 aliphatic heterocycles. The molecule has 0 radical (unpaired) electrons. The zero-order valence-corrected chi connectivity index (χ0v) is 10.9. The molecule has 16 heavy (non-hydrogen) atoms. The van der Waals surface area contributed by atoms with E-state index in [1.807, 2.05) is 23.1 Å². The molecular formula is C12H12INO2. The van der Waals surface area contributed by atoms with E-state index in [1.54, 1.807) is 0 Å². The van der Waals surface area contributed by atoms with E-state index < -0.39 is 0 Å². The maximum absolute atomic E-state index is 11.8. The minimum atomic E-state index is 0.0846. The Bertz CT molecular complexity index is 443. The maximum atomic E-state index is 11.8. The number of fused-ring (bicyclic) bond motifs is 1. The summed E-state index contributed by atoms with van der Waals surface area (Å²) >= 11 is 2.26. The van der Waals surface area contributed by atoms with Crippen LogP contribution < -0.4 is 9.64 Å². The lowest BCUT2D eigenvalue weighted by atomic mass is 10.2. The summed E-state index contributed by atoms with van der Waals surface area (Å²) in [6.07, 6.45) is 2.51. The number of anilines is 1. The molecule has 1 aromatic rings. The van der Waals surface area contributed by atoms with Crippen molar-refractivity contribution in [3.63, 3.8) is 0 Å². The van der Waals surface area contributed by atoms with E-state index in [9.17, 15) is 4.79 Å². The molecular weight excluding hydrogens is 317 g/mol. The highest BCUT2D eigenvalue weighted by molar-refractivity contribution is 14.1. The number of rotatable bonds is 2. The number of carbonyl (C=O) groups is 1. The van der Waals surface area contributed by atoms with Gasteiger partial charge in [-0.1, -0.05) is 0 Å². The second-order valence-electron chi connectivity index (χ2n) is 4.35. The van der Waals surface area contributed by atoms with Crippen LogP contribution in [0.5, 0.6) is 5.75 Å². The van der Waals surface area contributed by atoms with Crippen LogP contribution in [-0.4, -0.2) is 19.1 Å². The van der Waals surface area contributed by atoms with Gasteiger partial charge >= 0.3 is 0 Å². The second-order valence-corrected chi connectivity index (χ2v) is 5.59. The largest absolute Gasteiger partial charge is 0.482 e. The highest BCUT2D eigenvalue weighted by atomic mass is 127. The monoisotopic (exact) mass is 329 g/mol. The summed E-state index contributed by atoms with van der Waals surface area (Å²) in [7, 11) is 0. The van der Waals surface area contributed by atoms with E-state index in [0.717, 1.165) is 21.6 Å². The number of carbonyl (C=O) groups excluding carboxylic acids is 1. The molecule has 0 spiro atoms. The normalized spacial score (nSPS) is 19.3. The fourth-order valence-electron chi connectivity index (χ4n) is 1.93. The first kappa shape index (κ1) is 10.4. The van der Waals surface area contributed by atoms with Crippen molar-refractivity contribution in [2.45, 2.75) is 12.8 Å². The average molecular weight is 329 g/mol. The number of halogens is 1. The smallest absolute Gasteiger partial charge is 0.265 e. The van der Waals surface area contributed by atoms with Crippen LogP contribution in [-0.2, 0) is 4.79 Å². The molecule has 1 aliphatic carbocycles. The predicted octanol–water partition coefficient (Wildman–Crippen LogP) is 2.43. The van der Waals surface area contributed by atoms with Crippen molar-refractivity contribution in [2.24, 2.45) is 5.92 Å². The number of amides is 1. The summed E-state index contributed by atoms with van der Waals surface area (Å²) in [4.78, 5) is 13.7. The predicted molar refractivity (Wildman–Crippen MR) is 69.7 cm³/mol. The van der Waals surface area contributed by atoms with Gasteiger partial charge in [0.15, 0.2) is 6.61 Å². The van der Waals surface area contributed by atoms with E-state index in [4.69, 9.17) is 4.74 Å². The first-order valence-electron chi connectivity index (χ1n) is 5.47. The van der Waals surface area contributed by atoms with Crippen molar-refractivity contribution < 1.29 is 9.53 Å². The Morgan fingerprint density at radius 1 is 1.44 bits per heavy atom. The molecule has 1 fully saturated rings. The Hall–Kier alpha value is -0.780. The van der Waals surface area contributed by atoms with Gasteiger partial charge in [-0.05, 0) is 59.5 Å². The van der Waals surface area contributed by atoms with Crippen LogP contribution in [0.3, 0.4) is 0 Å². The molecule has 2 aliphatic rings. The minimum Gasteiger partial charge on any atom is -0.482 e. The van der Waals surface area contributed by atoms with Crippen LogP contribution in [0.25, 0.3) is 0 Å². The SMILES string of the molecule is O=C1COc2ccc(I)cc2N1CC1CC1. The van der Waals surface area contributed by atoms with E-state index in [1.165, 1.54) is 12.8 Å². The molecule has 0 bridgehead atoms. The lowest BCUT2D eigenvalue weighted by Crippen LogP contribution is -2.40. The Kier molecular flexibility index (Phi) is 2.53. The molecule has 0 N–H and O–H groups in total. The molecule has 0 aromatic heterocycles. The van der Waals surface area contributed by atoms with Crippen LogP contribution in [0.1, 0.15) is 12.8 Å². The van der Waals surface area contributed by atoms with E-state index >= 15 is 0 Å². The molecule has 1 amide bonds. The van der Waals surface area contributed by atoms with E-state index in [0.29, 0.717) is 5.92 Å². The molecule has 1 aromatic carbocycles. The van der Waals surface area contributed by atoms with Gasteiger partial charge in [-0.15, -0.1) is 0 Å². The van der Waals surface area contributed by atoms with Crippen molar-refractivity contribution in [3.8, 4) is 5.75 Å². The first-order chi connectivity index (χ1) is 7.74. The molecule has 84 valence electrons. The third-order valence-electron chi connectivity index (χ3n) is 3.00. The maximum Gasteiger partial charge on any atom is 0.265 e. The molecule has 0 unspecified atom stereocenters. The quantitative estimate of drug-likeness (QED) is 0.780. The molecule has 0 atom stereocenters. The van der Waals surface area contributed by atoms with Crippen molar-refractivity contribution >= 4 is 34.2 Å². The summed E-state index contributed by atoms with van der Waals surface area (Å²) in [5.41, 5.74) is 0.940. The number of hydrogen-bond acceptors (Lipinski definition) is 2. The fourth-order valence-corrected chi connectivity index (χ4v) is 2.41. The Labute approximate surface area is 108 Å². The number of benzene rings is 1. The zero-order chi connectivity index (χ0) is 11.1. The third kappa shape index (κ3) is 1.90. The lowest BCUT2D eigenvalue weighted by Gasteiger charge is -2.29. The fraction of sp³-hybridized carbons (Fsp3) is 0.417. The van der Waals surface area contributed by atoms with Gasteiger partial charge in [-0.2, -0.15) is 0 Å². The second kappa shape index (κ2) is 3.91. The molecule has 0 saturated heterocycles. The van der Waals surface area contributed by atoms with Crippen LogP contribution in [0, 0.1) is 9.49 Å². The molecule has 3 nitrogen and oxygen atoms in total. The lowest BCUT2D eigenvalue weighted by molar-refractivity contribution is -0.121. The zero-order valence-electron chi connectivity index (χ0n) is 8.78. The standard InChI is InChI=1S/C12H12INO2/c13-9-3-4-11-10(5-9)14(6-8-1-2-8)12(15)7-16-11/h3-5,8H,1-2,6-7H2. The number of nitrogens with zero attached hydrogens (tertiary/aromatic N) is 1. The highest BCUT2D eigenvalue weighted by Gasteiger charge is 2.31. The van der Waals surface area contributed by atoms with Gasteiger partial charge in [-0.3, -0.25) is 4.79 Å². The summed E-state index contributed by atoms with van der Waals surface area (Å²) in [5, 5.41) is 0. The van der Waals surface area contributed by atoms with Gasteiger partial charge in [0.1, 0.15) is 5.75 Å². The van der Waals surface area contributed by atoms with Crippen LogP contribution >= 0.6 is 22.6 Å². The van der Waals surface area contributed by atoms with Gasteiger partial charge < -0.3 is 9.64 Å². The third-order valence-corrected chi connectivity index (χ3v) is 3.67. The summed E-state index contributed by atoms with van der Waals surface area (Å²) in [6.45, 7) is 1.04. The summed E-state index contributed by atoms with van der Waals surface area (Å²) < 4.78 is 6.56. The Balaban J connectivity index is 1.96. The van der Waals surface area contributed by atoms with Crippen LogP contribution in [0.15, 0.2) is 18.2 Å². The van der Waals surface area contributed by atoms with Gasteiger partial charge in [0, 0.05) is 10.1 Å². The van der Waals surface area contributed by atoms with Crippen LogP contribution in [0.2, 0.25) is 0 Å². The summed E-state index contributed by atoms with van der Waals surface area (Å²) in [6, 6.07) is 5.98. The van der Waals surface area contributed by atoms with Crippen molar-refractivity contribution in [3.05, 3.63) is 21.8 Å². The van der Waals surface area contributed by atoms with E-state index in [-0.39, 0.29) is 12.5 Å². The average Bonchev–Trinajstić information content (AvgIpc) is 3.06. The highest BCUT2D eigenvalue weighted by Crippen LogP contribution is 2.37.